The molecule has 0 bridgehead atoms. The summed E-state index contributed by atoms with van der Waals surface area (Å²) in [6.07, 6.45) is 4.46. The van der Waals surface area contributed by atoms with E-state index in [-0.39, 0.29) is 10.8 Å². The first kappa shape index (κ1) is 15.2. The normalized spacial score (nSPS) is 14.4. The largest absolute Gasteiger partial charge is 0.321 e. The molecule has 0 spiro atoms. The third-order valence-electron chi connectivity index (χ3n) is 3.66. The van der Waals surface area contributed by atoms with Crippen molar-refractivity contribution in [1.29, 1.82) is 0 Å². The highest BCUT2D eigenvalue weighted by Gasteiger charge is 2.17. The number of fused-ring (bicyclic) bond motifs is 1. The molecule has 1 aliphatic rings. The van der Waals surface area contributed by atoms with Gasteiger partial charge in [0.2, 0.25) is 10.0 Å². The van der Waals surface area contributed by atoms with Crippen LogP contribution in [0.15, 0.2) is 35.2 Å². The highest BCUT2D eigenvalue weighted by molar-refractivity contribution is 7.89. The van der Waals surface area contributed by atoms with Gasteiger partial charge in [-0.05, 0) is 61.6 Å². The number of amides is 1. The molecule has 3 N–H and O–H groups in total. The van der Waals surface area contributed by atoms with Crippen LogP contribution in [0.1, 0.15) is 33.0 Å². The van der Waals surface area contributed by atoms with Crippen LogP contribution in [0.3, 0.4) is 0 Å². The van der Waals surface area contributed by atoms with Crippen molar-refractivity contribution in [2.24, 2.45) is 5.14 Å². The summed E-state index contributed by atoms with van der Waals surface area (Å²) < 4.78 is 22.4. The fourth-order valence-corrected chi connectivity index (χ4v) is 4.19. The van der Waals surface area contributed by atoms with Crippen LogP contribution < -0.4 is 10.5 Å². The minimum atomic E-state index is -3.71. The first-order valence-corrected chi connectivity index (χ1v) is 9.35. The molecule has 0 atom stereocenters. The summed E-state index contributed by atoms with van der Waals surface area (Å²) in [5.74, 6) is -0.164. The number of nitrogens with two attached hydrogens (primary N) is 1. The van der Waals surface area contributed by atoms with Gasteiger partial charge in [0.25, 0.3) is 5.91 Å². The van der Waals surface area contributed by atoms with Crippen LogP contribution in [-0.2, 0) is 22.9 Å². The van der Waals surface area contributed by atoms with E-state index in [4.69, 9.17) is 5.14 Å². The van der Waals surface area contributed by atoms with Crippen molar-refractivity contribution in [3.05, 3.63) is 45.6 Å². The standard InChI is InChI=1S/C15H16N2O3S2/c16-22(19,20)12-7-5-11(6-8-12)17-15(18)14-9-10-3-1-2-4-13(10)21-14/h5-9H,1-4H2,(H,17,18)(H2,16,19,20). The smallest absolute Gasteiger partial charge is 0.265 e. The molecule has 2 aromatic rings. The second-order valence-corrected chi connectivity index (χ2v) is 7.99. The van der Waals surface area contributed by atoms with E-state index in [9.17, 15) is 13.2 Å². The molecule has 5 nitrogen and oxygen atoms in total. The minimum absolute atomic E-state index is 0.0251. The van der Waals surface area contributed by atoms with Gasteiger partial charge in [-0.25, -0.2) is 13.6 Å². The lowest BCUT2D eigenvalue weighted by Crippen LogP contribution is -2.13. The molecule has 1 aromatic heterocycles. The van der Waals surface area contributed by atoms with Crippen molar-refractivity contribution < 1.29 is 13.2 Å². The zero-order chi connectivity index (χ0) is 15.7. The second kappa shape index (κ2) is 5.83. The van der Waals surface area contributed by atoms with E-state index < -0.39 is 10.0 Å². The van der Waals surface area contributed by atoms with Crippen LogP contribution in [0, 0.1) is 0 Å². The SMILES string of the molecule is NS(=O)(=O)c1ccc(NC(=O)c2cc3c(s2)CCCC3)cc1. The number of rotatable bonds is 3. The number of carbonyl (C=O) groups excluding carboxylic acids is 1. The number of nitrogens with one attached hydrogen (secondary N) is 1. The first-order valence-electron chi connectivity index (χ1n) is 6.99. The molecule has 1 heterocycles. The van der Waals surface area contributed by atoms with E-state index in [0.29, 0.717) is 10.6 Å². The number of anilines is 1. The van der Waals surface area contributed by atoms with Crippen molar-refractivity contribution in [2.75, 3.05) is 5.32 Å². The summed E-state index contributed by atoms with van der Waals surface area (Å²) in [4.78, 5) is 14.3. The number of thiophene rings is 1. The highest BCUT2D eigenvalue weighted by Crippen LogP contribution is 2.30. The molecule has 7 heteroatoms. The lowest BCUT2D eigenvalue weighted by Gasteiger charge is -2.08. The Bertz CT molecular complexity index is 784. The van der Waals surface area contributed by atoms with Crippen LogP contribution >= 0.6 is 11.3 Å². The number of primary sulfonamides is 1. The number of hydrogen-bond acceptors (Lipinski definition) is 4. The minimum Gasteiger partial charge on any atom is -0.321 e. The number of benzene rings is 1. The van der Waals surface area contributed by atoms with Crippen molar-refractivity contribution in [3.8, 4) is 0 Å². The predicted molar refractivity (Wildman–Crippen MR) is 86.7 cm³/mol. The maximum atomic E-state index is 12.3. The van der Waals surface area contributed by atoms with Crippen LogP contribution in [-0.4, -0.2) is 14.3 Å². The Kier molecular flexibility index (Phi) is 4.03. The summed E-state index contributed by atoms with van der Waals surface area (Å²) in [7, 11) is -3.71. The Balaban J connectivity index is 1.75. The summed E-state index contributed by atoms with van der Waals surface area (Å²) in [5, 5.41) is 7.82. The van der Waals surface area contributed by atoms with E-state index in [1.54, 1.807) is 11.3 Å². The van der Waals surface area contributed by atoms with E-state index >= 15 is 0 Å². The number of hydrogen-bond donors (Lipinski definition) is 2. The lowest BCUT2D eigenvalue weighted by molar-refractivity contribution is 0.103. The molecular formula is C15H16N2O3S2. The summed E-state index contributed by atoms with van der Waals surface area (Å²) in [5.41, 5.74) is 1.83. The average Bonchev–Trinajstić information content (AvgIpc) is 2.91. The summed E-state index contributed by atoms with van der Waals surface area (Å²) in [6.45, 7) is 0. The molecule has 116 valence electrons. The van der Waals surface area contributed by atoms with Crippen LogP contribution in [0.25, 0.3) is 0 Å². The fraction of sp³-hybridized carbons (Fsp3) is 0.267. The van der Waals surface area contributed by atoms with Gasteiger partial charge >= 0.3 is 0 Å². The monoisotopic (exact) mass is 336 g/mol. The van der Waals surface area contributed by atoms with Gasteiger partial charge in [-0.2, -0.15) is 0 Å². The number of aryl methyl sites for hydroxylation is 2. The molecule has 22 heavy (non-hydrogen) atoms. The van der Waals surface area contributed by atoms with Gasteiger partial charge in [-0.15, -0.1) is 11.3 Å². The summed E-state index contributed by atoms with van der Waals surface area (Å²) >= 11 is 1.54. The van der Waals surface area contributed by atoms with Crippen LogP contribution in [0.5, 0.6) is 0 Å². The zero-order valence-electron chi connectivity index (χ0n) is 11.8. The summed E-state index contributed by atoms with van der Waals surface area (Å²) in [6, 6.07) is 7.79. The van der Waals surface area contributed by atoms with Gasteiger partial charge in [-0.1, -0.05) is 0 Å². The molecule has 0 unspecified atom stereocenters. The van der Waals surface area contributed by atoms with Gasteiger partial charge < -0.3 is 5.32 Å². The second-order valence-electron chi connectivity index (χ2n) is 5.29. The predicted octanol–water partition coefficient (Wildman–Crippen LogP) is 2.53. The Labute approximate surface area is 133 Å². The zero-order valence-corrected chi connectivity index (χ0v) is 13.5. The lowest BCUT2D eigenvalue weighted by atomic mass is 9.99. The van der Waals surface area contributed by atoms with Gasteiger partial charge in [0.15, 0.2) is 0 Å². The van der Waals surface area contributed by atoms with E-state index in [1.807, 2.05) is 6.07 Å². The molecule has 0 saturated heterocycles. The Morgan fingerprint density at radius 2 is 1.82 bits per heavy atom. The third-order valence-corrected chi connectivity index (χ3v) is 5.83. The molecule has 0 radical (unpaired) electrons. The molecule has 3 rings (SSSR count). The van der Waals surface area contributed by atoms with Gasteiger partial charge in [0, 0.05) is 10.6 Å². The quantitative estimate of drug-likeness (QED) is 0.902. The van der Waals surface area contributed by atoms with Crippen molar-refractivity contribution >= 4 is 33.0 Å². The highest BCUT2D eigenvalue weighted by atomic mass is 32.2. The molecule has 1 amide bonds. The number of sulfonamides is 1. The molecule has 1 aliphatic carbocycles. The Hall–Kier alpha value is -1.70. The molecule has 0 fully saturated rings. The topological polar surface area (TPSA) is 89.3 Å². The Morgan fingerprint density at radius 3 is 2.45 bits per heavy atom. The fourth-order valence-electron chi connectivity index (χ4n) is 2.52. The van der Waals surface area contributed by atoms with E-state index in [0.717, 1.165) is 12.8 Å². The van der Waals surface area contributed by atoms with Crippen molar-refractivity contribution in [3.63, 3.8) is 0 Å². The molecule has 1 aromatic carbocycles. The van der Waals surface area contributed by atoms with E-state index in [2.05, 4.69) is 5.32 Å². The Morgan fingerprint density at radius 1 is 1.14 bits per heavy atom. The maximum absolute atomic E-state index is 12.3. The molecule has 0 saturated carbocycles. The van der Waals surface area contributed by atoms with Crippen LogP contribution in [0.4, 0.5) is 5.69 Å². The van der Waals surface area contributed by atoms with Crippen molar-refractivity contribution in [2.45, 2.75) is 30.6 Å². The molecule has 0 aliphatic heterocycles. The van der Waals surface area contributed by atoms with Gasteiger partial charge in [0.1, 0.15) is 0 Å². The van der Waals surface area contributed by atoms with Crippen molar-refractivity contribution in [1.82, 2.24) is 0 Å². The number of carbonyl (C=O) groups is 1. The van der Waals surface area contributed by atoms with Gasteiger partial charge in [0.05, 0.1) is 9.77 Å². The van der Waals surface area contributed by atoms with Gasteiger partial charge in [-0.3, -0.25) is 4.79 Å². The van der Waals surface area contributed by atoms with Crippen LogP contribution in [0.2, 0.25) is 0 Å². The molecular weight excluding hydrogens is 320 g/mol. The third kappa shape index (κ3) is 3.21. The average molecular weight is 336 g/mol. The maximum Gasteiger partial charge on any atom is 0.265 e. The first-order chi connectivity index (χ1) is 10.4. The van der Waals surface area contributed by atoms with E-state index in [1.165, 1.54) is 47.5 Å².